The van der Waals surface area contributed by atoms with Crippen molar-refractivity contribution in [3.8, 4) is 0 Å². The minimum absolute atomic E-state index is 0. The number of imidazole rings is 1. The van der Waals surface area contributed by atoms with Crippen molar-refractivity contribution in [1.82, 2.24) is 19.5 Å². The van der Waals surface area contributed by atoms with Crippen molar-refractivity contribution in [2.24, 2.45) is 5.92 Å². The Labute approximate surface area is 189 Å². The third kappa shape index (κ3) is 4.09. The standard InChI is InChI=1S/C13H12Cl2N4O4.K.H/c1-13(2)22-10(20)6(11(21)23-13)3-4-19-5-16-9-7(19)8(14)17-12(15)18-9;;/h5-6H,3-4H2,1-2H3;;. The van der Waals surface area contributed by atoms with Crippen LogP contribution in [0.5, 0.6) is 0 Å². The van der Waals surface area contributed by atoms with E-state index in [-0.39, 0.29) is 74.8 Å². The van der Waals surface area contributed by atoms with Gasteiger partial charge in [-0.3, -0.25) is 9.59 Å². The molecule has 0 aromatic carbocycles. The van der Waals surface area contributed by atoms with Gasteiger partial charge in [0.2, 0.25) is 5.28 Å². The Morgan fingerprint density at radius 3 is 2.46 bits per heavy atom. The SMILES string of the molecule is CC1(C)OC(=O)C(CCn2cnc3nc(Cl)nc(Cl)c32)C(=O)O1.[KH]. The molecule has 2 aromatic rings. The third-order valence-corrected chi connectivity index (χ3v) is 3.76. The zero-order chi connectivity index (χ0) is 16.8. The average molecular weight is 399 g/mol. The average Bonchev–Trinajstić information content (AvgIpc) is 2.79. The second-order valence-electron chi connectivity index (χ2n) is 5.48. The Hall–Kier alpha value is -0.294. The van der Waals surface area contributed by atoms with E-state index in [1.165, 1.54) is 20.2 Å². The molecule has 2 aromatic heterocycles. The molecule has 0 saturated carbocycles. The van der Waals surface area contributed by atoms with Crippen LogP contribution in [-0.2, 0) is 25.6 Å². The van der Waals surface area contributed by atoms with Gasteiger partial charge in [0.25, 0.3) is 5.79 Å². The van der Waals surface area contributed by atoms with Crippen LogP contribution >= 0.6 is 23.2 Å². The Morgan fingerprint density at radius 2 is 1.83 bits per heavy atom. The van der Waals surface area contributed by atoms with E-state index in [0.29, 0.717) is 11.2 Å². The predicted molar refractivity (Wildman–Crippen MR) is 86.9 cm³/mol. The maximum atomic E-state index is 11.9. The van der Waals surface area contributed by atoms with E-state index in [1.807, 2.05) is 0 Å². The monoisotopic (exact) mass is 398 g/mol. The molecule has 124 valence electrons. The minimum atomic E-state index is -1.24. The van der Waals surface area contributed by atoms with Gasteiger partial charge in [-0.05, 0) is 18.0 Å². The molecule has 11 heteroatoms. The van der Waals surface area contributed by atoms with E-state index in [1.54, 1.807) is 4.57 Å². The van der Waals surface area contributed by atoms with Gasteiger partial charge in [0.05, 0.1) is 6.33 Å². The summed E-state index contributed by atoms with van der Waals surface area (Å²) in [6.45, 7) is 3.29. The summed E-state index contributed by atoms with van der Waals surface area (Å²) >= 11 is 11.8. The molecule has 24 heavy (non-hydrogen) atoms. The van der Waals surface area contributed by atoms with Gasteiger partial charge in [-0.15, -0.1) is 0 Å². The zero-order valence-electron chi connectivity index (χ0n) is 12.2. The number of aryl methyl sites for hydroxylation is 1. The van der Waals surface area contributed by atoms with Gasteiger partial charge in [-0.1, -0.05) is 11.6 Å². The summed E-state index contributed by atoms with van der Waals surface area (Å²) in [6, 6.07) is 0. The summed E-state index contributed by atoms with van der Waals surface area (Å²) in [4.78, 5) is 35.8. The van der Waals surface area contributed by atoms with Crippen molar-refractivity contribution >= 4 is 97.7 Å². The van der Waals surface area contributed by atoms with Crippen molar-refractivity contribution in [2.45, 2.75) is 32.6 Å². The number of hydrogen-bond acceptors (Lipinski definition) is 7. The molecular weight excluding hydrogens is 386 g/mol. The van der Waals surface area contributed by atoms with E-state index in [2.05, 4.69) is 15.0 Å². The number of carbonyl (C=O) groups is 2. The predicted octanol–water partition coefficient (Wildman–Crippen LogP) is 1.33. The van der Waals surface area contributed by atoms with Gasteiger partial charge >= 0.3 is 63.3 Å². The Balaban J connectivity index is 0.00000208. The van der Waals surface area contributed by atoms with Crippen LogP contribution in [0.25, 0.3) is 11.2 Å². The first-order valence-corrected chi connectivity index (χ1v) is 7.52. The number of esters is 2. The van der Waals surface area contributed by atoms with Crippen LogP contribution in [-0.4, -0.2) is 88.6 Å². The molecule has 0 unspecified atom stereocenters. The Bertz CT molecular complexity index is 791. The molecule has 1 aliphatic heterocycles. The van der Waals surface area contributed by atoms with E-state index < -0.39 is 23.6 Å². The van der Waals surface area contributed by atoms with Gasteiger partial charge in [-0.25, -0.2) is 9.97 Å². The van der Waals surface area contributed by atoms with E-state index in [9.17, 15) is 9.59 Å². The fourth-order valence-electron chi connectivity index (χ4n) is 2.33. The van der Waals surface area contributed by atoms with Crippen LogP contribution in [0.2, 0.25) is 10.4 Å². The molecule has 0 bridgehead atoms. The molecule has 3 rings (SSSR count). The molecule has 0 radical (unpaired) electrons. The van der Waals surface area contributed by atoms with E-state index >= 15 is 0 Å². The molecule has 0 aliphatic carbocycles. The summed E-state index contributed by atoms with van der Waals surface area (Å²) in [6.07, 6.45) is 1.67. The van der Waals surface area contributed by atoms with Crippen LogP contribution in [0.15, 0.2) is 6.33 Å². The summed E-state index contributed by atoms with van der Waals surface area (Å²) in [7, 11) is 0. The van der Waals surface area contributed by atoms with Crippen molar-refractivity contribution in [2.75, 3.05) is 0 Å². The number of cyclic esters (lactones) is 2. The molecule has 1 fully saturated rings. The van der Waals surface area contributed by atoms with E-state index in [0.717, 1.165) is 0 Å². The van der Waals surface area contributed by atoms with Crippen molar-refractivity contribution in [1.29, 1.82) is 0 Å². The summed E-state index contributed by atoms with van der Waals surface area (Å²) < 4.78 is 11.8. The number of fused-ring (bicyclic) bond motifs is 1. The number of aromatic nitrogens is 4. The molecule has 0 N–H and O–H groups in total. The summed E-state index contributed by atoms with van der Waals surface area (Å²) in [5, 5.41) is 0.141. The summed E-state index contributed by atoms with van der Waals surface area (Å²) in [5.41, 5.74) is 0.818. The Morgan fingerprint density at radius 1 is 1.21 bits per heavy atom. The first kappa shape index (κ1) is 20.0. The second-order valence-corrected chi connectivity index (χ2v) is 6.17. The Kier molecular flexibility index (Phi) is 6.28. The van der Waals surface area contributed by atoms with Gasteiger partial charge in [-0.2, -0.15) is 4.98 Å². The van der Waals surface area contributed by atoms with Crippen LogP contribution < -0.4 is 0 Å². The van der Waals surface area contributed by atoms with Gasteiger partial charge in [0, 0.05) is 20.4 Å². The topological polar surface area (TPSA) is 96.2 Å². The molecule has 8 nitrogen and oxygen atoms in total. The van der Waals surface area contributed by atoms with Gasteiger partial charge in [0.15, 0.2) is 16.7 Å². The van der Waals surface area contributed by atoms with E-state index in [4.69, 9.17) is 32.7 Å². The van der Waals surface area contributed by atoms with Crippen molar-refractivity contribution in [3.05, 3.63) is 16.8 Å². The van der Waals surface area contributed by atoms with Crippen LogP contribution in [0.3, 0.4) is 0 Å². The molecule has 0 amide bonds. The number of nitrogens with zero attached hydrogens (tertiary/aromatic N) is 4. The zero-order valence-corrected chi connectivity index (χ0v) is 13.8. The molecule has 0 spiro atoms. The van der Waals surface area contributed by atoms with Crippen molar-refractivity contribution in [3.63, 3.8) is 0 Å². The fraction of sp³-hybridized carbons (Fsp3) is 0.462. The first-order valence-electron chi connectivity index (χ1n) is 6.76. The van der Waals surface area contributed by atoms with Gasteiger partial charge in [0.1, 0.15) is 5.52 Å². The van der Waals surface area contributed by atoms with Crippen LogP contribution in [0.4, 0.5) is 0 Å². The maximum absolute atomic E-state index is 11.9. The second kappa shape index (κ2) is 7.52. The molecule has 0 atom stereocenters. The number of carbonyl (C=O) groups excluding carboxylic acids is 2. The summed E-state index contributed by atoms with van der Waals surface area (Å²) in [5.74, 6) is -3.45. The van der Waals surface area contributed by atoms with Crippen molar-refractivity contribution < 1.29 is 19.1 Å². The quantitative estimate of drug-likeness (QED) is 0.253. The number of rotatable bonds is 3. The number of ether oxygens (including phenoxy) is 2. The number of halogens is 2. The number of hydrogen-bond donors (Lipinski definition) is 0. The van der Waals surface area contributed by atoms with Gasteiger partial charge < -0.3 is 14.0 Å². The molecule has 3 heterocycles. The first-order chi connectivity index (χ1) is 10.8. The van der Waals surface area contributed by atoms with Crippen LogP contribution in [0.1, 0.15) is 20.3 Å². The normalized spacial score (nSPS) is 17.3. The fourth-order valence-corrected chi connectivity index (χ4v) is 2.81. The third-order valence-electron chi connectivity index (χ3n) is 3.32. The van der Waals surface area contributed by atoms with Crippen LogP contribution in [0, 0.1) is 5.92 Å². The molecule has 1 saturated heterocycles. The molecular formula is C13H13Cl2KN4O4. The molecule has 1 aliphatic rings.